The number of aromatic amines is 1. The molecule has 3 heterocycles. The summed E-state index contributed by atoms with van der Waals surface area (Å²) in [7, 11) is 1.62. The van der Waals surface area contributed by atoms with E-state index in [2.05, 4.69) is 15.3 Å². The fraction of sp³-hybridized carbons (Fsp3) is 0.135. The number of carbonyl (C=O) groups excluding carboxylic acids is 1. The van der Waals surface area contributed by atoms with E-state index in [4.69, 9.17) is 9.47 Å². The van der Waals surface area contributed by atoms with Gasteiger partial charge in [0.1, 0.15) is 23.9 Å². The van der Waals surface area contributed by atoms with Crippen molar-refractivity contribution in [2.24, 2.45) is 0 Å². The van der Waals surface area contributed by atoms with Gasteiger partial charge in [0, 0.05) is 62.9 Å². The number of amides is 1. The number of ether oxygens (including phenoxy) is 2. The van der Waals surface area contributed by atoms with Gasteiger partial charge in [0.25, 0.3) is 5.91 Å². The minimum atomic E-state index is -0.577. The summed E-state index contributed by atoms with van der Waals surface area (Å²) in [6, 6.07) is 24.9. The van der Waals surface area contributed by atoms with Gasteiger partial charge in [-0.2, -0.15) is 0 Å². The van der Waals surface area contributed by atoms with Crippen LogP contribution in [0.1, 0.15) is 21.5 Å². The second kappa shape index (κ2) is 11.9. The highest BCUT2D eigenvalue weighted by Crippen LogP contribution is 2.45. The maximum absolute atomic E-state index is 15.2. The van der Waals surface area contributed by atoms with E-state index in [1.54, 1.807) is 49.8 Å². The van der Waals surface area contributed by atoms with E-state index in [0.29, 0.717) is 35.7 Å². The lowest BCUT2D eigenvalue weighted by molar-refractivity contribution is 0.0917. The van der Waals surface area contributed by atoms with Crippen LogP contribution in [0.5, 0.6) is 11.5 Å². The number of para-hydroxylation sites is 1. The van der Waals surface area contributed by atoms with Gasteiger partial charge in [0.2, 0.25) is 0 Å². The number of hydrogen-bond donors (Lipinski definition) is 3. The number of fused-ring (bicyclic) bond motifs is 4. The highest BCUT2D eigenvalue weighted by atomic mass is 19.1. The monoisotopic (exact) mass is 599 g/mol. The number of aliphatic hydroxyl groups is 1. The minimum Gasteiger partial charge on any atom is -0.496 e. The first-order valence-corrected chi connectivity index (χ1v) is 14.7. The number of methoxy groups -OCH3 is 1. The van der Waals surface area contributed by atoms with E-state index >= 15 is 4.39 Å². The number of nitrogens with one attached hydrogen (secondary N) is 2. The Kier molecular flexibility index (Phi) is 7.49. The number of benzene rings is 4. The second-order valence-corrected chi connectivity index (χ2v) is 11.0. The first-order chi connectivity index (χ1) is 22.0. The molecule has 45 heavy (non-hydrogen) atoms. The molecule has 0 spiro atoms. The lowest BCUT2D eigenvalue weighted by Gasteiger charge is -2.25. The summed E-state index contributed by atoms with van der Waals surface area (Å²) in [4.78, 5) is 21.5. The van der Waals surface area contributed by atoms with Gasteiger partial charge in [-0.15, -0.1) is 0 Å². The molecule has 6 aromatic rings. The SMILES string of the molecule is COc1cc2c(cc1-c1cccnc1)COc1cc(-c3ccccc3F)c(C(=O)N[C@@H](CO)Cc3c[nH]c4ccccc34)cc1-2. The van der Waals surface area contributed by atoms with Gasteiger partial charge in [-0.25, -0.2) is 4.39 Å². The van der Waals surface area contributed by atoms with Gasteiger partial charge in [-0.05, 0) is 65.6 Å². The zero-order valence-electron chi connectivity index (χ0n) is 24.5. The number of aromatic nitrogens is 2. The molecule has 0 fully saturated rings. The van der Waals surface area contributed by atoms with Crippen molar-refractivity contribution in [1.29, 1.82) is 0 Å². The number of nitrogens with zero attached hydrogens (tertiary/aromatic N) is 1. The minimum absolute atomic E-state index is 0.267. The lowest BCUT2D eigenvalue weighted by atomic mass is 9.88. The first-order valence-electron chi connectivity index (χ1n) is 14.7. The molecule has 3 N–H and O–H groups in total. The summed E-state index contributed by atoms with van der Waals surface area (Å²) in [6.07, 6.45) is 5.80. The molecule has 1 atom stereocenters. The second-order valence-electron chi connectivity index (χ2n) is 11.0. The summed E-state index contributed by atoms with van der Waals surface area (Å²) in [5, 5.41) is 14.3. The lowest BCUT2D eigenvalue weighted by Crippen LogP contribution is -2.39. The average Bonchev–Trinajstić information content (AvgIpc) is 3.49. The predicted molar refractivity (Wildman–Crippen MR) is 172 cm³/mol. The number of halogens is 1. The Morgan fingerprint density at radius 1 is 1.00 bits per heavy atom. The van der Waals surface area contributed by atoms with Gasteiger partial charge in [0.05, 0.1) is 19.8 Å². The van der Waals surface area contributed by atoms with Gasteiger partial charge >= 0.3 is 0 Å². The Hall–Kier alpha value is -5.47. The Balaban J connectivity index is 1.30. The van der Waals surface area contributed by atoms with Crippen molar-refractivity contribution in [2.75, 3.05) is 13.7 Å². The Labute approximate surface area is 259 Å². The number of pyridine rings is 1. The van der Waals surface area contributed by atoms with Gasteiger partial charge in [-0.3, -0.25) is 9.78 Å². The first kappa shape index (κ1) is 28.3. The maximum Gasteiger partial charge on any atom is 0.252 e. The van der Waals surface area contributed by atoms with Crippen LogP contribution in [-0.2, 0) is 13.0 Å². The molecule has 0 unspecified atom stereocenters. The van der Waals surface area contributed by atoms with Crippen molar-refractivity contribution in [3.63, 3.8) is 0 Å². The van der Waals surface area contributed by atoms with Gasteiger partial charge in [-0.1, -0.05) is 42.5 Å². The standard InChI is InChI=1S/C37H30FN3O4/c1-44-35-16-28-24(14-29(35)22-7-6-12-39-18-22)21-45-36-17-30(27-9-2-4-10-33(27)38)32(15-31(28)36)37(43)41-25(20-42)13-23-19-40-34-11-5-3-8-26(23)34/h2-12,14-19,25,40,42H,13,20-21H2,1H3,(H,41,43)/t25-/m1/s1. The predicted octanol–water partition coefficient (Wildman–Crippen LogP) is 6.94. The maximum atomic E-state index is 15.2. The van der Waals surface area contributed by atoms with E-state index < -0.39 is 17.8 Å². The third-order valence-electron chi connectivity index (χ3n) is 8.30. The third kappa shape index (κ3) is 5.30. The van der Waals surface area contributed by atoms with Crippen LogP contribution in [0, 0.1) is 5.82 Å². The van der Waals surface area contributed by atoms with Crippen LogP contribution < -0.4 is 14.8 Å². The number of carbonyl (C=O) groups is 1. The van der Waals surface area contributed by atoms with E-state index in [9.17, 15) is 9.90 Å². The Morgan fingerprint density at radius 3 is 2.64 bits per heavy atom. The largest absolute Gasteiger partial charge is 0.496 e. The molecule has 1 amide bonds. The fourth-order valence-corrected chi connectivity index (χ4v) is 6.06. The highest BCUT2D eigenvalue weighted by molar-refractivity contribution is 6.03. The summed E-state index contributed by atoms with van der Waals surface area (Å²) < 4.78 is 27.2. The normalized spacial score (nSPS) is 12.6. The number of H-pyrrole nitrogens is 1. The Morgan fingerprint density at radius 2 is 1.84 bits per heavy atom. The summed E-state index contributed by atoms with van der Waals surface area (Å²) in [5.41, 5.74) is 7.14. The number of aliphatic hydroxyl groups excluding tert-OH is 1. The quantitative estimate of drug-likeness (QED) is 0.176. The van der Waals surface area contributed by atoms with Crippen LogP contribution in [-0.4, -0.2) is 40.7 Å². The highest BCUT2D eigenvalue weighted by Gasteiger charge is 2.27. The van der Waals surface area contributed by atoms with Gasteiger partial charge in [0.15, 0.2) is 0 Å². The van der Waals surface area contributed by atoms with E-state index in [0.717, 1.165) is 38.7 Å². The zero-order chi connectivity index (χ0) is 30.9. The van der Waals surface area contributed by atoms with Crippen molar-refractivity contribution in [3.8, 4) is 44.9 Å². The topological polar surface area (TPSA) is 96.5 Å². The molecule has 1 aliphatic rings. The smallest absolute Gasteiger partial charge is 0.252 e. The molecule has 0 bridgehead atoms. The van der Waals surface area contributed by atoms with Gasteiger partial charge < -0.3 is 24.9 Å². The molecule has 224 valence electrons. The van der Waals surface area contributed by atoms with Crippen LogP contribution in [0.4, 0.5) is 4.39 Å². The van der Waals surface area contributed by atoms with Crippen molar-refractivity contribution in [1.82, 2.24) is 15.3 Å². The van der Waals surface area contributed by atoms with Crippen LogP contribution in [0.15, 0.2) is 104 Å². The van der Waals surface area contributed by atoms with Crippen molar-refractivity contribution >= 4 is 16.8 Å². The van der Waals surface area contributed by atoms with Crippen LogP contribution >= 0.6 is 0 Å². The van der Waals surface area contributed by atoms with Crippen LogP contribution in [0.3, 0.4) is 0 Å². The molecule has 7 rings (SSSR count). The molecule has 7 nitrogen and oxygen atoms in total. The average molecular weight is 600 g/mol. The molecule has 0 saturated carbocycles. The molecular weight excluding hydrogens is 569 g/mol. The van der Waals surface area contributed by atoms with E-state index in [1.807, 2.05) is 54.7 Å². The fourth-order valence-electron chi connectivity index (χ4n) is 6.06. The molecule has 0 aliphatic carbocycles. The van der Waals surface area contributed by atoms with E-state index in [-0.39, 0.29) is 17.7 Å². The molecule has 1 aliphatic heterocycles. The molecular formula is C37H30FN3O4. The third-order valence-corrected chi connectivity index (χ3v) is 8.30. The number of hydrogen-bond acceptors (Lipinski definition) is 5. The van der Waals surface area contributed by atoms with Crippen molar-refractivity contribution in [2.45, 2.75) is 19.1 Å². The summed E-state index contributed by atoms with van der Waals surface area (Å²) in [5.74, 6) is 0.299. The Bertz CT molecular complexity index is 2040. The number of rotatable bonds is 8. The molecule has 0 saturated heterocycles. The summed E-state index contributed by atoms with van der Waals surface area (Å²) >= 11 is 0. The van der Waals surface area contributed by atoms with Crippen LogP contribution in [0.25, 0.3) is 44.3 Å². The summed E-state index contributed by atoms with van der Waals surface area (Å²) in [6.45, 7) is 0.0184. The molecule has 0 radical (unpaired) electrons. The molecule has 8 heteroatoms. The van der Waals surface area contributed by atoms with Crippen molar-refractivity contribution < 1.29 is 23.8 Å². The van der Waals surface area contributed by atoms with Crippen molar-refractivity contribution in [3.05, 3.63) is 126 Å². The zero-order valence-corrected chi connectivity index (χ0v) is 24.5. The van der Waals surface area contributed by atoms with Crippen LogP contribution in [0.2, 0.25) is 0 Å². The van der Waals surface area contributed by atoms with E-state index in [1.165, 1.54) is 6.07 Å². The molecule has 2 aromatic heterocycles. The molecule has 4 aromatic carbocycles.